The number of sulfonamides is 1. The van der Waals surface area contributed by atoms with Gasteiger partial charge in [-0.2, -0.15) is 0 Å². The lowest BCUT2D eigenvalue weighted by Gasteiger charge is -2.18. The van der Waals surface area contributed by atoms with E-state index in [9.17, 15) is 12.8 Å². The second kappa shape index (κ2) is 5.39. The van der Waals surface area contributed by atoms with Crippen LogP contribution in [0.3, 0.4) is 0 Å². The van der Waals surface area contributed by atoms with E-state index in [1.807, 2.05) is 18.2 Å². The van der Waals surface area contributed by atoms with Gasteiger partial charge in [-0.25, -0.2) is 17.9 Å². The maximum absolute atomic E-state index is 13.3. The molecule has 1 aromatic carbocycles. The highest BCUT2D eigenvalue weighted by molar-refractivity contribution is 7.89. The third-order valence-corrected chi connectivity index (χ3v) is 6.42. The zero-order valence-electron chi connectivity index (χ0n) is 13.3. The largest absolute Gasteiger partial charge is 0.238 e. The summed E-state index contributed by atoms with van der Waals surface area (Å²) < 4.78 is 36.1. The summed E-state index contributed by atoms with van der Waals surface area (Å²) >= 11 is 0. The SMILES string of the molecule is NS(=O)(=O)c1ccc(C2=C(C3C=CC(F)=CC3)CC3(CC3)C2)cc1. The summed E-state index contributed by atoms with van der Waals surface area (Å²) in [6.45, 7) is 0. The Balaban J connectivity index is 1.70. The van der Waals surface area contributed by atoms with E-state index in [1.165, 1.54) is 24.0 Å². The fourth-order valence-electron chi connectivity index (χ4n) is 3.93. The van der Waals surface area contributed by atoms with Gasteiger partial charge in [0, 0.05) is 5.92 Å². The van der Waals surface area contributed by atoms with E-state index in [-0.39, 0.29) is 16.6 Å². The molecular weight excluding hydrogens is 325 g/mol. The smallest absolute Gasteiger partial charge is 0.225 e. The van der Waals surface area contributed by atoms with Crippen molar-refractivity contribution in [2.45, 2.75) is 37.0 Å². The summed E-state index contributed by atoms with van der Waals surface area (Å²) in [6.07, 6.45) is 10.5. The molecule has 1 spiro atoms. The minimum Gasteiger partial charge on any atom is -0.225 e. The maximum atomic E-state index is 13.3. The molecular formula is C19H20FNO2S. The lowest BCUT2D eigenvalue weighted by molar-refractivity contribution is 0.531. The lowest BCUT2D eigenvalue weighted by atomic mass is 9.87. The summed E-state index contributed by atoms with van der Waals surface area (Å²) in [7, 11) is -3.67. The van der Waals surface area contributed by atoms with Crippen molar-refractivity contribution in [3.05, 3.63) is 59.5 Å². The molecule has 2 N–H and O–H groups in total. The van der Waals surface area contributed by atoms with Gasteiger partial charge in [0.1, 0.15) is 5.83 Å². The van der Waals surface area contributed by atoms with Crippen LogP contribution in [-0.4, -0.2) is 8.42 Å². The van der Waals surface area contributed by atoms with Gasteiger partial charge in [-0.3, -0.25) is 0 Å². The summed E-state index contributed by atoms with van der Waals surface area (Å²) in [6, 6.07) is 6.84. The number of benzene rings is 1. The fraction of sp³-hybridized carbons (Fsp3) is 0.368. The van der Waals surface area contributed by atoms with Crippen LogP contribution in [0.5, 0.6) is 0 Å². The fourth-order valence-corrected chi connectivity index (χ4v) is 4.45. The highest BCUT2D eigenvalue weighted by Crippen LogP contribution is 2.63. The van der Waals surface area contributed by atoms with E-state index in [4.69, 9.17) is 5.14 Å². The van der Waals surface area contributed by atoms with Crippen molar-refractivity contribution in [3.8, 4) is 0 Å². The first-order valence-electron chi connectivity index (χ1n) is 8.25. The molecule has 1 saturated carbocycles. The Kier molecular flexibility index (Phi) is 3.55. The molecule has 0 amide bonds. The first-order valence-corrected chi connectivity index (χ1v) is 9.80. The zero-order valence-corrected chi connectivity index (χ0v) is 14.2. The average molecular weight is 345 g/mol. The van der Waals surface area contributed by atoms with Gasteiger partial charge in [0.05, 0.1) is 4.90 Å². The van der Waals surface area contributed by atoms with Crippen LogP contribution in [0.2, 0.25) is 0 Å². The molecule has 1 aromatic rings. The quantitative estimate of drug-likeness (QED) is 0.897. The number of hydrogen-bond donors (Lipinski definition) is 1. The van der Waals surface area contributed by atoms with Crippen molar-refractivity contribution in [2.75, 3.05) is 0 Å². The number of hydrogen-bond acceptors (Lipinski definition) is 2. The monoisotopic (exact) mass is 345 g/mol. The van der Waals surface area contributed by atoms with Gasteiger partial charge in [0.15, 0.2) is 0 Å². The van der Waals surface area contributed by atoms with Gasteiger partial charge in [-0.1, -0.05) is 23.8 Å². The van der Waals surface area contributed by atoms with Crippen LogP contribution in [0.1, 0.15) is 37.7 Å². The first-order chi connectivity index (χ1) is 11.4. The normalized spacial score (nSPS) is 25.2. The molecule has 5 heteroatoms. The van der Waals surface area contributed by atoms with E-state index in [2.05, 4.69) is 0 Å². The Labute approximate surface area is 141 Å². The van der Waals surface area contributed by atoms with Crippen LogP contribution in [0.25, 0.3) is 5.57 Å². The van der Waals surface area contributed by atoms with E-state index >= 15 is 0 Å². The molecule has 126 valence electrons. The van der Waals surface area contributed by atoms with Crippen molar-refractivity contribution in [1.82, 2.24) is 0 Å². The van der Waals surface area contributed by atoms with Gasteiger partial charge in [0.25, 0.3) is 0 Å². The van der Waals surface area contributed by atoms with E-state index in [0.29, 0.717) is 11.8 Å². The highest BCUT2D eigenvalue weighted by Gasteiger charge is 2.49. The van der Waals surface area contributed by atoms with Crippen LogP contribution < -0.4 is 5.14 Å². The van der Waals surface area contributed by atoms with Gasteiger partial charge >= 0.3 is 0 Å². The Hall–Kier alpha value is -1.72. The second-order valence-electron chi connectivity index (χ2n) is 7.22. The zero-order chi connectivity index (χ0) is 16.9. The Morgan fingerprint density at radius 1 is 1.12 bits per heavy atom. The minimum absolute atomic E-state index is 0.134. The van der Waals surface area contributed by atoms with Crippen LogP contribution in [0.15, 0.2) is 58.8 Å². The predicted molar refractivity (Wildman–Crippen MR) is 92.1 cm³/mol. The van der Waals surface area contributed by atoms with E-state index in [1.54, 1.807) is 24.3 Å². The second-order valence-corrected chi connectivity index (χ2v) is 8.78. The van der Waals surface area contributed by atoms with Crippen molar-refractivity contribution >= 4 is 15.6 Å². The molecule has 24 heavy (non-hydrogen) atoms. The lowest BCUT2D eigenvalue weighted by Crippen LogP contribution is -2.11. The number of allylic oxidation sites excluding steroid dienone is 6. The topological polar surface area (TPSA) is 60.2 Å². The third kappa shape index (κ3) is 2.87. The van der Waals surface area contributed by atoms with E-state index < -0.39 is 10.0 Å². The molecule has 4 rings (SSSR count). The maximum Gasteiger partial charge on any atom is 0.238 e. The van der Waals surface area contributed by atoms with Crippen LogP contribution in [0, 0.1) is 11.3 Å². The van der Waals surface area contributed by atoms with Crippen molar-refractivity contribution in [2.24, 2.45) is 16.5 Å². The molecule has 1 unspecified atom stereocenters. The van der Waals surface area contributed by atoms with Crippen LogP contribution >= 0.6 is 0 Å². The summed E-state index contributed by atoms with van der Waals surface area (Å²) in [5.41, 5.74) is 4.15. The molecule has 0 aromatic heterocycles. The standard InChI is InChI=1S/C19H20FNO2S/c20-15-5-1-13(2-6-15)17-11-19(9-10-19)12-18(17)14-3-7-16(8-4-14)24(21,22)23/h1,3-8,13H,2,9-12H2,(H2,21,22,23). The van der Waals surface area contributed by atoms with Gasteiger partial charge in [0.2, 0.25) is 10.0 Å². The van der Waals surface area contributed by atoms with Gasteiger partial charge < -0.3 is 0 Å². The summed E-state index contributed by atoms with van der Waals surface area (Å²) in [5, 5.41) is 5.18. The predicted octanol–water partition coefficient (Wildman–Crippen LogP) is 4.09. The summed E-state index contributed by atoms with van der Waals surface area (Å²) in [4.78, 5) is 0.134. The van der Waals surface area contributed by atoms with Gasteiger partial charge in [-0.05, 0) is 72.9 Å². The molecule has 3 aliphatic carbocycles. The van der Waals surface area contributed by atoms with Crippen LogP contribution in [0.4, 0.5) is 4.39 Å². The highest BCUT2D eigenvalue weighted by atomic mass is 32.2. The molecule has 0 aliphatic heterocycles. The number of halogens is 1. The minimum atomic E-state index is -3.67. The number of primary sulfonamides is 1. The molecule has 0 radical (unpaired) electrons. The van der Waals surface area contributed by atoms with E-state index in [0.717, 1.165) is 18.4 Å². The molecule has 3 nitrogen and oxygen atoms in total. The molecule has 1 fully saturated rings. The van der Waals surface area contributed by atoms with Gasteiger partial charge in [-0.15, -0.1) is 0 Å². The number of rotatable bonds is 3. The first kappa shape index (κ1) is 15.8. The molecule has 0 saturated heterocycles. The molecule has 0 bridgehead atoms. The molecule has 1 atom stereocenters. The Morgan fingerprint density at radius 2 is 1.83 bits per heavy atom. The van der Waals surface area contributed by atoms with Crippen molar-refractivity contribution < 1.29 is 12.8 Å². The average Bonchev–Trinajstić information content (AvgIpc) is 3.19. The van der Waals surface area contributed by atoms with Crippen molar-refractivity contribution in [3.63, 3.8) is 0 Å². The molecule has 0 heterocycles. The number of nitrogens with two attached hydrogens (primary N) is 1. The Morgan fingerprint density at radius 3 is 2.38 bits per heavy atom. The third-order valence-electron chi connectivity index (χ3n) is 5.50. The molecule has 3 aliphatic rings. The van der Waals surface area contributed by atoms with Crippen LogP contribution in [-0.2, 0) is 10.0 Å². The van der Waals surface area contributed by atoms with Crippen molar-refractivity contribution in [1.29, 1.82) is 0 Å². The summed E-state index contributed by atoms with van der Waals surface area (Å²) in [5.74, 6) is 0.0856. The Bertz CT molecular complexity index is 874.